The molecule has 3 aromatic rings. The molecule has 0 unspecified atom stereocenters. The number of fused-ring (bicyclic) bond motifs is 1. The molecule has 0 N–H and O–H groups in total. The Kier molecular flexibility index (Phi) is 5.27. The van der Waals surface area contributed by atoms with Gasteiger partial charge in [-0.1, -0.05) is 30.3 Å². The topological polar surface area (TPSA) is 60.8 Å². The highest BCUT2D eigenvalue weighted by molar-refractivity contribution is 8.18. The van der Waals surface area contributed by atoms with E-state index in [1.54, 1.807) is 0 Å². The highest BCUT2D eigenvalue weighted by atomic mass is 32.2. The number of nitrogens with zero attached hydrogens (tertiary/aromatic N) is 2. The molecule has 0 spiro atoms. The van der Waals surface area contributed by atoms with Gasteiger partial charge >= 0.3 is 0 Å². The second kappa shape index (κ2) is 8.24. The van der Waals surface area contributed by atoms with Crippen molar-refractivity contribution < 1.29 is 19.1 Å². The van der Waals surface area contributed by atoms with Crippen LogP contribution in [0.15, 0.2) is 59.5 Å². The summed E-state index contributed by atoms with van der Waals surface area (Å²) in [7, 11) is 0. The number of carbonyl (C=O) groups is 2. The van der Waals surface area contributed by atoms with E-state index < -0.39 is 0 Å². The first-order valence-corrected chi connectivity index (χ1v) is 11.2. The zero-order chi connectivity index (χ0) is 22.2. The molecule has 0 bridgehead atoms. The minimum Gasteiger partial charge on any atom is -0.454 e. The standard InChI is InChI=1S/C25H22N2O4S/c1-16-12-19(17(2)27(16)20-8-9-21-22(14-20)31-15-30-21)13-23-24(28)26(25(29)32-23)11-10-18-6-4-3-5-7-18/h3-9,12-14H,10-11,15H2,1-2H3/b23-13-. The van der Waals surface area contributed by atoms with Crippen LogP contribution in [0.25, 0.3) is 11.8 Å². The first-order valence-electron chi connectivity index (χ1n) is 10.4. The normalized spacial score (nSPS) is 16.4. The van der Waals surface area contributed by atoms with Crippen LogP contribution in [0.2, 0.25) is 0 Å². The number of hydrogen-bond donors (Lipinski definition) is 0. The molecule has 2 aromatic carbocycles. The van der Waals surface area contributed by atoms with Crippen LogP contribution in [0, 0.1) is 13.8 Å². The summed E-state index contributed by atoms with van der Waals surface area (Å²) >= 11 is 1.00. The lowest BCUT2D eigenvalue weighted by molar-refractivity contribution is -0.122. The largest absolute Gasteiger partial charge is 0.454 e. The molecule has 32 heavy (non-hydrogen) atoms. The van der Waals surface area contributed by atoms with Crippen molar-refractivity contribution in [2.45, 2.75) is 20.3 Å². The molecular formula is C25H22N2O4S. The Bertz CT molecular complexity index is 1250. The zero-order valence-corrected chi connectivity index (χ0v) is 18.6. The fraction of sp³-hybridized carbons (Fsp3) is 0.200. The highest BCUT2D eigenvalue weighted by Gasteiger charge is 2.34. The maximum Gasteiger partial charge on any atom is 0.293 e. The van der Waals surface area contributed by atoms with Crippen molar-refractivity contribution in [3.8, 4) is 17.2 Å². The molecule has 1 saturated heterocycles. The molecule has 3 heterocycles. The Morgan fingerprint density at radius 3 is 2.59 bits per heavy atom. The van der Waals surface area contributed by atoms with Gasteiger partial charge in [-0.25, -0.2) is 0 Å². The van der Waals surface area contributed by atoms with Crippen molar-refractivity contribution >= 4 is 29.0 Å². The number of carbonyl (C=O) groups excluding carboxylic acids is 2. The summed E-state index contributed by atoms with van der Waals surface area (Å²) in [4.78, 5) is 27.2. The van der Waals surface area contributed by atoms with Gasteiger partial charge in [0.15, 0.2) is 11.5 Å². The average molecular weight is 447 g/mol. The fourth-order valence-electron chi connectivity index (χ4n) is 4.07. The van der Waals surface area contributed by atoms with Crippen LogP contribution in [-0.2, 0) is 11.2 Å². The van der Waals surface area contributed by atoms with Gasteiger partial charge in [-0.2, -0.15) is 0 Å². The van der Waals surface area contributed by atoms with E-state index >= 15 is 0 Å². The van der Waals surface area contributed by atoms with Crippen LogP contribution in [0.5, 0.6) is 11.5 Å². The van der Waals surface area contributed by atoms with E-state index in [0.717, 1.165) is 51.5 Å². The van der Waals surface area contributed by atoms with Crippen LogP contribution < -0.4 is 9.47 Å². The number of hydrogen-bond acceptors (Lipinski definition) is 5. The maximum absolute atomic E-state index is 12.9. The van der Waals surface area contributed by atoms with Crippen LogP contribution in [0.3, 0.4) is 0 Å². The van der Waals surface area contributed by atoms with E-state index in [4.69, 9.17) is 9.47 Å². The molecular weight excluding hydrogens is 424 g/mol. The van der Waals surface area contributed by atoms with Crippen molar-refractivity contribution in [3.63, 3.8) is 0 Å². The molecule has 0 atom stereocenters. The lowest BCUT2D eigenvalue weighted by Gasteiger charge is -2.12. The monoisotopic (exact) mass is 446 g/mol. The van der Waals surface area contributed by atoms with Crippen LogP contribution in [0.4, 0.5) is 4.79 Å². The van der Waals surface area contributed by atoms with Crippen LogP contribution in [-0.4, -0.2) is 34.0 Å². The summed E-state index contributed by atoms with van der Waals surface area (Å²) < 4.78 is 13.0. The number of thioether (sulfide) groups is 1. The molecule has 162 valence electrons. The quantitative estimate of drug-likeness (QED) is 0.510. The molecule has 0 radical (unpaired) electrons. The number of ether oxygens (including phenoxy) is 2. The molecule has 1 fully saturated rings. The van der Waals surface area contributed by atoms with Crippen molar-refractivity contribution in [1.29, 1.82) is 0 Å². The molecule has 6 nitrogen and oxygen atoms in total. The van der Waals surface area contributed by atoms with Crippen molar-refractivity contribution in [2.75, 3.05) is 13.3 Å². The smallest absolute Gasteiger partial charge is 0.293 e. The number of aromatic nitrogens is 1. The highest BCUT2D eigenvalue weighted by Crippen LogP contribution is 2.36. The maximum atomic E-state index is 12.9. The van der Waals surface area contributed by atoms with Crippen LogP contribution >= 0.6 is 11.8 Å². The molecule has 0 aliphatic carbocycles. The summed E-state index contributed by atoms with van der Waals surface area (Å²) in [6.07, 6.45) is 2.46. The van der Waals surface area contributed by atoms with Gasteiger partial charge in [0.25, 0.3) is 11.1 Å². The van der Waals surface area contributed by atoms with Gasteiger partial charge in [0.2, 0.25) is 6.79 Å². The van der Waals surface area contributed by atoms with Crippen LogP contribution in [0.1, 0.15) is 22.5 Å². The Balaban J connectivity index is 1.39. The predicted octanol–water partition coefficient (Wildman–Crippen LogP) is 5.10. The van der Waals surface area contributed by atoms with Crippen molar-refractivity contribution in [2.24, 2.45) is 0 Å². The van der Waals surface area contributed by atoms with Gasteiger partial charge in [0.1, 0.15) is 0 Å². The van der Waals surface area contributed by atoms with E-state index in [-0.39, 0.29) is 17.9 Å². The Hall–Kier alpha value is -3.45. The minimum atomic E-state index is -0.233. The van der Waals surface area contributed by atoms with Crippen molar-refractivity contribution in [1.82, 2.24) is 9.47 Å². The Labute approximate surface area is 190 Å². The third-order valence-electron chi connectivity index (χ3n) is 5.71. The molecule has 2 amide bonds. The molecule has 5 rings (SSSR count). The summed E-state index contributed by atoms with van der Waals surface area (Å²) in [6.45, 7) is 4.62. The van der Waals surface area contributed by atoms with E-state index in [9.17, 15) is 9.59 Å². The first kappa shape index (κ1) is 20.5. The molecule has 0 saturated carbocycles. The minimum absolute atomic E-state index is 0.221. The summed E-state index contributed by atoms with van der Waals surface area (Å²) in [6, 6.07) is 17.7. The third kappa shape index (κ3) is 3.69. The summed E-state index contributed by atoms with van der Waals surface area (Å²) in [5.41, 5.74) is 4.98. The van der Waals surface area contributed by atoms with E-state index in [1.165, 1.54) is 4.90 Å². The third-order valence-corrected chi connectivity index (χ3v) is 6.62. The first-order chi connectivity index (χ1) is 15.5. The van der Waals surface area contributed by atoms with E-state index in [1.807, 2.05) is 74.5 Å². The van der Waals surface area contributed by atoms with Gasteiger partial charge in [-0.05, 0) is 67.4 Å². The molecule has 2 aliphatic rings. The van der Waals surface area contributed by atoms with E-state index in [0.29, 0.717) is 17.9 Å². The van der Waals surface area contributed by atoms with Crippen molar-refractivity contribution in [3.05, 3.63) is 82.0 Å². The van der Waals surface area contributed by atoms with E-state index in [2.05, 4.69) is 4.57 Å². The Morgan fingerprint density at radius 2 is 1.78 bits per heavy atom. The molecule has 7 heteroatoms. The Morgan fingerprint density at radius 1 is 1.00 bits per heavy atom. The van der Waals surface area contributed by atoms with Gasteiger partial charge in [0.05, 0.1) is 4.91 Å². The fourth-order valence-corrected chi connectivity index (χ4v) is 4.93. The second-order valence-electron chi connectivity index (χ2n) is 7.77. The van der Waals surface area contributed by atoms with Gasteiger partial charge in [0, 0.05) is 29.7 Å². The number of benzene rings is 2. The number of imide groups is 1. The zero-order valence-electron chi connectivity index (χ0n) is 17.8. The van der Waals surface area contributed by atoms with Gasteiger partial charge < -0.3 is 14.0 Å². The van der Waals surface area contributed by atoms with Gasteiger partial charge in [-0.15, -0.1) is 0 Å². The molecule has 2 aliphatic heterocycles. The summed E-state index contributed by atoms with van der Waals surface area (Å²) in [5, 5.41) is -0.221. The second-order valence-corrected chi connectivity index (χ2v) is 8.76. The number of aryl methyl sites for hydroxylation is 1. The molecule has 1 aromatic heterocycles. The van der Waals surface area contributed by atoms with Gasteiger partial charge in [-0.3, -0.25) is 14.5 Å². The predicted molar refractivity (Wildman–Crippen MR) is 124 cm³/mol. The average Bonchev–Trinajstić information content (AvgIpc) is 3.44. The lowest BCUT2D eigenvalue weighted by Crippen LogP contribution is -2.30. The summed E-state index contributed by atoms with van der Waals surface area (Å²) in [5.74, 6) is 1.22. The number of amides is 2. The lowest BCUT2D eigenvalue weighted by atomic mass is 10.1. The number of rotatable bonds is 5. The SMILES string of the molecule is Cc1cc(/C=C2\SC(=O)N(CCc3ccccc3)C2=O)c(C)n1-c1ccc2c(c1)OCO2.